The Labute approximate surface area is 393 Å². The van der Waals surface area contributed by atoms with Gasteiger partial charge in [-0.2, -0.15) is 0 Å². The van der Waals surface area contributed by atoms with Crippen molar-refractivity contribution in [2.45, 2.75) is 81.6 Å². The second-order valence-corrected chi connectivity index (χ2v) is 21.5. The molecule has 3 nitrogen and oxygen atoms in total. The molecule has 7 aliphatic rings. The molecule has 8 aromatic rings. The van der Waals surface area contributed by atoms with Gasteiger partial charge in [0.15, 0.2) is 0 Å². The second kappa shape index (κ2) is 13.0. The zero-order valence-corrected chi connectivity index (χ0v) is 38.7. The van der Waals surface area contributed by atoms with Crippen LogP contribution in [-0.4, -0.2) is 5.54 Å². The van der Waals surface area contributed by atoms with Crippen LogP contribution in [0.1, 0.15) is 93.2 Å². The van der Waals surface area contributed by atoms with Gasteiger partial charge in [-0.3, -0.25) is 0 Å². The molecule has 2 saturated carbocycles. The van der Waals surface area contributed by atoms with Crippen molar-refractivity contribution in [3.8, 4) is 22.6 Å². The first-order chi connectivity index (χ1) is 32.7. The van der Waals surface area contributed by atoms with E-state index in [4.69, 9.17) is 9.15 Å². The molecule has 2 aliphatic heterocycles. The molecule has 15 rings (SSSR count). The molecule has 7 aromatic carbocycles. The van der Waals surface area contributed by atoms with Crippen LogP contribution >= 0.6 is 0 Å². The number of benzene rings is 7. The highest BCUT2D eigenvalue weighted by atomic mass is 16.5. The monoisotopic (exact) mass is 867 g/mol. The lowest BCUT2D eigenvalue weighted by molar-refractivity contribution is 0.418. The number of hydrogen-bond acceptors (Lipinski definition) is 3. The first kappa shape index (κ1) is 38.3. The van der Waals surface area contributed by atoms with E-state index in [0.717, 1.165) is 56.3 Å². The standard InChI is InChI=1S/C64H53NO2/c1-38-55-45-20-8-10-22-48(45)64-49-23-11-13-26-53(49)67-60-47(41-16-14-19-43(34-41)63-30-28-40(37-63)29-31-63)35-44(36-50(60)64)65(51-24-15-27-54-56(51)46-21-9-12-25-52(46)66-54)62(4)33-32-61(3,42-17-6-5-7-18-42)58(38)59(62)39(2)57(55)64/h5-27,32-36,38-40H,28-31,37H2,1-4H3. The molecule has 0 radical (unpaired) electrons. The number of para-hydroxylation sites is 2. The Morgan fingerprint density at radius 2 is 1.31 bits per heavy atom. The Bertz CT molecular complexity index is 3580. The zero-order chi connectivity index (χ0) is 44.6. The third kappa shape index (κ3) is 4.64. The number of anilines is 2. The molecule has 1 spiro atoms. The molecule has 6 bridgehead atoms. The summed E-state index contributed by atoms with van der Waals surface area (Å²) in [6, 6.07) is 59.7. The summed E-state index contributed by atoms with van der Waals surface area (Å²) >= 11 is 0. The minimum atomic E-state index is -0.610. The maximum absolute atomic E-state index is 7.52. The van der Waals surface area contributed by atoms with Crippen LogP contribution in [0.5, 0.6) is 11.5 Å². The molecular weight excluding hydrogens is 815 g/mol. The van der Waals surface area contributed by atoms with Crippen molar-refractivity contribution in [3.05, 3.63) is 220 Å². The summed E-state index contributed by atoms with van der Waals surface area (Å²) < 4.78 is 14.3. The van der Waals surface area contributed by atoms with Gasteiger partial charge < -0.3 is 14.1 Å². The van der Waals surface area contributed by atoms with Gasteiger partial charge in [-0.1, -0.05) is 147 Å². The first-order valence-electron chi connectivity index (χ1n) is 24.9. The molecule has 0 N–H and O–H groups in total. The second-order valence-electron chi connectivity index (χ2n) is 21.5. The van der Waals surface area contributed by atoms with Crippen LogP contribution < -0.4 is 9.64 Å². The Hall–Kier alpha value is -6.84. The van der Waals surface area contributed by atoms with E-state index in [2.05, 4.69) is 202 Å². The molecule has 67 heavy (non-hydrogen) atoms. The fourth-order valence-electron chi connectivity index (χ4n) is 15.8. The molecule has 0 saturated heterocycles. The number of allylic oxidation sites excluding steroid dienone is 4. The molecule has 5 unspecified atom stereocenters. The fourth-order valence-corrected chi connectivity index (χ4v) is 15.8. The minimum Gasteiger partial charge on any atom is -0.456 e. The summed E-state index contributed by atoms with van der Waals surface area (Å²) in [5.74, 6) is 2.93. The summed E-state index contributed by atoms with van der Waals surface area (Å²) in [4.78, 5) is 2.72. The predicted molar refractivity (Wildman–Crippen MR) is 272 cm³/mol. The summed E-state index contributed by atoms with van der Waals surface area (Å²) in [7, 11) is 0. The van der Waals surface area contributed by atoms with Gasteiger partial charge in [0.25, 0.3) is 0 Å². The van der Waals surface area contributed by atoms with Crippen LogP contribution in [0.25, 0.3) is 38.6 Å². The van der Waals surface area contributed by atoms with E-state index < -0.39 is 11.0 Å². The van der Waals surface area contributed by atoms with Crippen molar-refractivity contribution in [2.75, 3.05) is 4.90 Å². The molecule has 1 aromatic heterocycles. The van der Waals surface area contributed by atoms with Gasteiger partial charge in [-0.15, -0.1) is 0 Å². The van der Waals surface area contributed by atoms with Crippen LogP contribution in [0.3, 0.4) is 0 Å². The highest BCUT2D eigenvalue weighted by Crippen LogP contribution is 2.71. The molecule has 0 amide bonds. The Morgan fingerprint density at radius 3 is 2.15 bits per heavy atom. The molecule has 3 heterocycles. The van der Waals surface area contributed by atoms with Gasteiger partial charge in [0, 0.05) is 45.0 Å². The lowest BCUT2D eigenvalue weighted by atomic mass is 9.53. The summed E-state index contributed by atoms with van der Waals surface area (Å²) in [5, 5.41) is 2.27. The highest BCUT2D eigenvalue weighted by Gasteiger charge is 2.62. The molecule has 3 heteroatoms. The van der Waals surface area contributed by atoms with Gasteiger partial charge in [0.05, 0.1) is 22.0 Å². The normalized spacial score (nSPS) is 29.2. The average molecular weight is 868 g/mol. The largest absolute Gasteiger partial charge is 0.456 e. The van der Waals surface area contributed by atoms with E-state index in [0.29, 0.717) is 0 Å². The van der Waals surface area contributed by atoms with Gasteiger partial charge in [-0.25, -0.2) is 0 Å². The van der Waals surface area contributed by atoms with E-state index in [1.54, 1.807) is 0 Å². The van der Waals surface area contributed by atoms with Crippen LogP contribution in [0, 0.1) is 17.8 Å². The smallest absolute Gasteiger partial charge is 0.140 e. The van der Waals surface area contributed by atoms with E-state index >= 15 is 0 Å². The molecule has 5 atom stereocenters. The van der Waals surface area contributed by atoms with Crippen LogP contribution in [-0.2, 0) is 16.2 Å². The minimum absolute atomic E-state index is 0.0474. The zero-order valence-electron chi connectivity index (χ0n) is 38.7. The third-order valence-corrected chi connectivity index (χ3v) is 18.4. The molecule has 326 valence electrons. The summed E-state index contributed by atoms with van der Waals surface area (Å²) in [6.45, 7) is 10.1. The number of nitrogens with zero attached hydrogens (tertiary/aromatic N) is 1. The van der Waals surface area contributed by atoms with Gasteiger partial charge in [-0.05, 0) is 144 Å². The quantitative estimate of drug-likeness (QED) is 0.165. The van der Waals surface area contributed by atoms with Crippen molar-refractivity contribution in [1.82, 2.24) is 0 Å². The topological polar surface area (TPSA) is 25.6 Å². The number of furan rings is 1. The van der Waals surface area contributed by atoms with Gasteiger partial charge in [0.2, 0.25) is 0 Å². The Morgan fingerprint density at radius 1 is 0.582 bits per heavy atom. The maximum atomic E-state index is 7.52. The number of hydrogen-bond donors (Lipinski definition) is 0. The average Bonchev–Trinajstić information content (AvgIpc) is 4.16. The summed E-state index contributed by atoms with van der Waals surface area (Å²) in [6.07, 6.45) is 11.7. The molecule has 2 fully saturated rings. The van der Waals surface area contributed by atoms with E-state index in [9.17, 15) is 0 Å². The van der Waals surface area contributed by atoms with Crippen molar-refractivity contribution < 1.29 is 9.15 Å². The predicted octanol–water partition coefficient (Wildman–Crippen LogP) is 16.3. The fraction of sp³-hybridized carbons (Fsp3) is 0.250. The van der Waals surface area contributed by atoms with E-state index in [-0.39, 0.29) is 22.7 Å². The van der Waals surface area contributed by atoms with Gasteiger partial charge >= 0.3 is 0 Å². The van der Waals surface area contributed by atoms with Gasteiger partial charge in [0.1, 0.15) is 22.7 Å². The van der Waals surface area contributed by atoms with Crippen LogP contribution in [0.2, 0.25) is 0 Å². The summed E-state index contributed by atoms with van der Waals surface area (Å²) in [5.41, 5.74) is 19.2. The van der Waals surface area contributed by atoms with Crippen molar-refractivity contribution in [2.24, 2.45) is 17.8 Å². The highest BCUT2D eigenvalue weighted by molar-refractivity contribution is 6.13. The molecule has 5 aliphatic carbocycles. The van der Waals surface area contributed by atoms with Crippen LogP contribution in [0.15, 0.2) is 191 Å². The lowest BCUT2D eigenvalue weighted by Gasteiger charge is -2.54. The van der Waals surface area contributed by atoms with Crippen molar-refractivity contribution in [1.29, 1.82) is 0 Å². The van der Waals surface area contributed by atoms with Crippen LogP contribution in [0.4, 0.5) is 11.4 Å². The Balaban J connectivity index is 1.13. The maximum Gasteiger partial charge on any atom is 0.140 e. The first-order valence-corrected chi connectivity index (χ1v) is 24.9. The number of fused-ring (bicyclic) bond motifs is 9. The SMILES string of the molecule is CC1C2=C3C(C)C4=C1C(C)(c1ccccc1)C=CC4(C)N(c1cccc4oc5ccccc5c14)c1cc(-c4cccc(C56CCC(CC5)C6)c4)c4c(c1)C3(c1ccccc1O4)c1ccccc12. The van der Waals surface area contributed by atoms with Crippen molar-refractivity contribution >= 4 is 38.9 Å². The molecular formula is C64H53NO2. The van der Waals surface area contributed by atoms with E-state index in [1.165, 1.54) is 93.3 Å². The van der Waals surface area contributed by atoms with Crippen molar-refractivity contribution in [3.63, 3.8) is 0 Å². The number of rotatable bonds is 4. The third-order valence-electron chi connectivity index (χ3n) is 18.4. The number of ether oxygens (including phenoxy) is 1. The van der Waals surface area contributed by atoms with E-state index in [1.807, 2.05) is 0 Å². The lowest BCUT2D eigenvalue weighted by Crippen LogP contribution is -2.52. The Kier molecular flexibility index (Phi) is 7.42.